The van der Waals surface area contributed by atoms with Crippen molar-refractivity contribution in [2.24, 2.45) is 10.9 Å². The van der Waals surface area contributed by atoms with Crippen molar-refractivity contribution in [1.82, 2.24) is 10.2 Å². The molecule has 0 bridgehead atoms. The summed E-state index contributed by atoms with van der Waals surface area (Å²) in [5.74, 6) is 1.66. The van der Waals surface area contributed by atoms with E-state index in [-0.39, 0.29) is 0 Å². The average molecular weight is 283 g/mol. The van der Waals surface area contributed by atoms with Crippen LogP contribution in [0.4, 0.5) is 0 Å². The van der Waals surface area contributed by atoms with Gasteiger partial charge < -0.3 is 15.0 Å². The molecule has 0 fully saturated rings. The third kappa shape index (κ3) is 10.9. The number of nitrogens with zero attached hydrogens (tertiary/aromatic N) is 2. The van der Waals surface area contributed by atoms with E-state index in [1.165, 1.54) is 0 Å². The Hall–Kier alpha value is -1.03. The first kappa shape index (κ1) is 19.0. The Morgan fingerprint density at radius 1 is 1.40 bits per heavy atom. The first-order valence-corrected chi connectivity index (χ1v) is 7.79. The van der Waals surface area contributed by atoms with Gasteiger partial charge in [-0.2, -0.15) is 0 Å². The van der Waals surface area contributed by atoms with Crippen LogP contribution in [0.3, 0.4) is 0 Å². The summed E-state index contributed by atoms with van der Waals surface area (Å²) < 4.78 is 5.58. The molecule has 0 spiro atoms. The second-order valence-electron chi connectivity index (χ2n) is 5.38. The number of rotatable bonds is 11. The molecule has 0 amide bonds. The van der Waals surface area contributed by atoms with Crippen molar-refractivity contribution >= 4 is 5.96 Å². The van der Waals surface area contributed by atoms with E-state index < -0.39 is 0 Å². The molecule has 0 rings (SSSR count). The Labute approximate surface area is 125 Å². The lowest BCUT2D eigenvalue weighted by Gasteiger charge is -2.21. The van der Waals surface area contributed by atoms with Crippen molar-refractivity contribution in [2.75, 3.05) is 39.9 Å². The van der Waals surface area contributed by atoms with Gasteiger partial charge in [-0.1, -0.05) is 19.9 Å². The van der Waals surface area contributed by atoms with Crippen LogP contribution in [0.5, 0.6) is 0 Å². The van der Waals surface area contributed by atoms with Crippen LogP contribution in [0.1, 0.15) is 40.0 Å². The van der Waals surface area contributed by atoms with Gasteiger partial charge in [0.2, 0.25) is 0 Å². The van der Waals surface area contributed by atoms with Gasteiger partial charge in [-0.3, -0.25) is 4.99 Å². The lowest BCUT2D eigenvalue weighted by Crippen LogP contribution is -2.39. The average Bonchev–Trinajstić information content (AvgIpc) is 2.41. The Morgan fingerprint density at radius 3 is 2.75 bits per heavy atom. The smallest absolute Gasteiger partial charge is 0.193 e. The summed E-state index contributed by atoms with van der Waals surface area (Å²) in [5.41, 5.74) is 0. The summed E-state index contributed by atoms with van der Waals surface area (Å²) in [7, 11) is 2.07. The van der Waals surface area contributed by atoms with E-state index in [4.69, 9.17) is 4.74 Å². The van der Waals surface area contributed by atoms with Gasteiger partial charge in [0, 0.05) is 26.7 Å². The fraction of sp³-hybridized carbons (Fsp3) is 0.812. The van der Waals surface area contributed by atoms with Crippen molar-refractivity contribution < 1.29 is 4.74 Å². The van der Waals surface area contributed by atoms with Crippen LogP contribution >= 0.6 is 0 Å². The van der Waals surface area contributed by atoms with Crippen LogP contribution in [-0.2, 0) is 4.74 Å². The Bertz CT molecular complexity index is 264. The number of allylic oxidation sites excluding steroid dienone is 1. The van der Waals surface area contributed by atoms with E-state index in [2.05, 4.69) is 49.6 Å². The fourth-order valence-electron chi connectivity index (χ4n) is 1.69. The summed E-state index contributed by atoms with van der Waals surface area (Å²) in [5, 5.41) is 3.31. The van der Waals surface area contributed by atoms with Crippen molar-refractivity contribution in [3.05, 3.63) is 12.7 Å². The Kier molecular flexibility index (Phi) is 12.3. The highest BCUT2D eigenvalue weighted by atomic mass is 16.5. The molecule has 0 aromatic carbocycles. The molecule has 0 aliphatic carbocycles. The van der Waals surface area contributed by atoms with Gasteiger partial charge in [-0.15, -0.1) is 6.58 Å². The van der Waals surface area contributed by atoms with Gasteiger partial charge in [0.05, 0.1) is 13.2 Å². The van der Waals surface area contributed by atoms with Crippen LogP contribution in [0.2, 0.25) is 0 Å². The third-order valence-electron chi connectivity index (χ3n) is 2.93. The molecule has 20 heavy (non-hydrogen) atoms. The second kappa shape index (κ2) is 13.0. The fourth-order valence-corrected chi connectivity index (χ4v) is 1.69. The molecule has 1 N–H and O–H groups in total. The summed E-state index contributed by atoms with van der Waals surface area (Å²) in [6.07, 6.45) is 5.23. The first-order chi connectivity index (χ1) is 9.61. The third-order valence-corrected chi connectivity index (χ3v) is 2.93. The standard InChI is InChI=1S/C16H33N3O/c1-6-8-9-12-19(5)16(17-7-2)18-11-14-20-13-10-15(3)4/h6,15H,1,7-14H2,2-5H3,(H,17,18). The van der Waals surface area contributed by atoms with Gasteiger partial charge >= 0.3 is 0 Å². The van der Waals surface area contributed by atoms with Gasteiger partial charge in [0.25, 0.3) is 0 Å². The van der Waals surface area contributed by atoms with Gasteiger partial charge in [0.1, 0.15) is 0 Å². The number of unbranched alkanes of at least 4 members (excludes halogenated alkanes) is 1. The second-order valence-corrected chi connectivity index (χ2v) is 5.38. The predicted octanol–water partition coefficient (Wildman–Crippen LogP) is 2.91. The van der Waals surface area contributed by atoms with E-state index in [1.54, 1.807) is 0 Å². The molecule has 0 aliphatic heterocycles. The number of hydrogen-bond acceptors (Lipinski definition) is 2. The topological polar surface area (TPSA) is 36.9 Å². The van der Waals surface area contributed by atoms with Gasteiger partial charge in [-0.25, -0.2) is 0 Å². The largest absolute Gasteiger partial charge is 0.380 e. The van der Waals surface area contributed by atoms with Crippen molar-refractivity contribution in [3.8, 4) is 0 Å². The minimum atomic E-state index is 0.697. The maximum atomic E-state index is 5.58. The SMILES string of the molecule is C=CCCCN(C)C(=NCCOCCC(C)C)NCC. The predicted molar refractivity (Wildman–Crippen MR) is 88.3 cm³/mol. The highest BCUT2D eigenvalue weighted by molar-refractivity contribution is 5.79. The monoisotopic (exact) mass is 283 g/mol. The molecule has 0 unspecified atom stereocenters. The molecule has 0 radical (unpaired) electrons. The van der Waals surface area contributed by atoms with Crippen molar-refractivity contribution in [2.45, 2.75) is 40.0 Å². The van der Waals surface area contributed by atoms with Crippen molar-refractivity contribution in [3.63, 3.8) is 0 Å². The van der Waals surface area contributed by atoms with E-state index in [0.717, 1.165) is 44.9 Å². The number of aliphatic imine (C=N–C) groups is 1. The lowest BCUT2D eigenvalue weighted by atomic mass is 10.1. The lowest BCUT2D eigenvalue weighted by molar-refractivity contribution is 0.130. The van der Waals surface area contributed by atoms with Gasteiger partial charge in [-0.05, 0) is 32.1 Å². The molecule has 0 saturated heterocycles. The molecular weight excluding hydrogens is 250 g/mol. The van der Waals surface area contributed by atoms with E-state index in [0.29, 0.717) is 19.1 Å². The molecular formula is C16H33N3O. The number of guanidine groups is 1. The minimum Gasteiger partial charge on any atom is -0.380 e. The first-order valence-electron chi connectivity index (χ1n) is 7.79. The minimum absolute atomic E-state index is 0.697. The summed E-state index contributed by atoms with van der Waals surface area (Å²) in [4.78, 5) is 6.76. The molecule has 118 valence electrons. The maximum absolute atomic E-state index is 5.58. The highest BCUT2D eigenvalue weighted by Crippen LogP contribution is 1.99. The van der Waals surface area contributed by atoms with Gasteiger partial charge in [0.15, 0.2) is 5.96 Å². The zero-order valence-corrected chi connectivity index (χ0v) is 13.8. The quantitative estimate of drug-likeness (QED) is 0.274. The molecule has 0 heterocycles. The molecule has 0 aromatic heterocycles. The molecule has 0 aliphatic rings. The van der Waals surface area contributed by atoms with E-state index >= 15 is 0 Å². The Morgan fingerprint density at radius 2 is 2.15 bits per heavy atom. The van der Waals surface area contributed by atoms with Crippen LogP contribution in [0.15, 0.2) is 17.6 Å². The van der Waals surface area contributed by atoms with E-state index in [9.17, 15) is 0 Å². The Balaban J connectivity index is 3.96. The normalized spacial score (nSPS) is 11.8. The van der Waals surface area contributed by atoms with Crippen molar-refractivity contribution in [1.29, 1.82) is 0 Å². The molecule has 4 heteroatoms. The number of nitrogens with one attached hydrogen (secondary N) is 1. The van der Waals surface area contributed by atoms with Crippen LogP contribution in [0, 0.1) is 5.92 Å². The number of ether oxygens (including phenoxy) is 1. The number of hydrogen-bond donors (Lipinski definition) is 1. The molecule has 4 nitrogen and oxygen atoms in total. The molecule has 0 saturated carbocycles. The van der Waals surface area contributed by atoms with E-state index in [1.807, 2.05) is 6.08 Å². The zero-order valence-electron chi connectivity index (χ0n) is 13.8. The summed E-state index contributed by atoms with van der Waals surface area (Å²) in [6, 6.07) is 0. The van der Waals surface area contributed by atoms with Crippen LogP contribution < -0.4 is 5.32 Å². The summed E-state index contributed by atoms with van der Waals surface area (Å²) in [6.45, 7) is 14.4. The molecule has 0 aromatic rings. The molecule has 0 atom stereocenters. The summed E-state index contributed by atoms with van der Waals surface area (Å²) >= 11 is 0. The zero-order chi connectivity index (χ0) is 15.2. The maximum Gasteiger partial charge on any atom is 0.193 e. The van der Waals surface area contributed by atoms with Crippen LogP contribution in [0.25, 0.3) is 0 Å². The highest BCUT2D eigenvalue weighted by Gasteiger charge is 2.04. The van der Waals surface area contributed by atoms with Crippen LogP contribution in [-0.4, -0.2) is 50.8 Å².